The van der Waals surface area contributed by atoms with Gasteiger partial charge in [-0.25, -0.2) is 4.79 Å². The van der Waals surface area contributed by atoms with E-state index in [1.54, 1.807) is 0 Å². The quantitative estimate of drug-likeness (QED) is 0.632. The third-order valence-corrected chi connectivity index (χ3v) is 3.37. The summed E-state index contributed by atoms with van der Waals surface area (Å²) in [4.78, 5) is 11.6. The molecule has 0 N–H and O–H groups in total. The van der Waals surface area contributed by atoms with E-state index in [1.165, 1.54) is 7.11 Å². The van der Waals surface area contributed by atoms with Crippen LogP contribution in [-0.4, -0.2) is 13.1 Å². The monoisotopic (exact) mass is 304 g/mol. The van der Waals surface area contributed by atoms with Gasteiger partial charge in [-0.1, -0.05) is 52.3 Å². The van der Waals surface area contributed by atoms with E-state index in [4.69, 9.17) is 4.74 Å². The molecule has 0 saturated carbocycles. The van der Waals surface area contributed by atoms with E-state index in [1.807, 2.05) is 48.5 Å². The Kier molecular flexibility index (Phi) is 4.15. The van der Waals surface area contributed by atoms with E-state index in [0.717, 1.165) is 16.7 Å². The lowest BCUT2D eigenvalue weighted by atomic mass is 10.00. The van der Waals surface area contributed by atoms with E-state index in [9.17, 15) is 4.79 Å². The lowest BCUT2D eigenvalue weighted by Gasteiger charge is -2.08. The summed E-state index contributed by atoms with van der Waals surface area (Å²) >= 11 is 3.40. The van der Waals surface area contributed by atoms with Crippen molar-refractivity contribution >= 4 is 21.9 Å². The van der Waals surface area contributed by atoms with Gasteiger partial charge in [-0.2, -0.15) is 0 Å². The Morgan fingerprint density at radius 1 is 1.11 bits per heavy atom. The molecule has 2 rings (SSSR count). The minimum absolute atomic E-state index is 0.302. The number of carbonyl (C=O) groups excluding carboxylic acids is 1. The van der Waals surface area contributed by atoms with Crippen molar-refractivity contribution < 1.29 is 9.53 Å². The molecule has 0 atom stereocenters. The van der Waals surface area contributed by atoms with Gasteiger partial charge >= 0.3 is 5.97 Å². The zero-order valence-electron chi connectivity index (χ0n) is 10.0. The highest BCUT2D eigenvalue weighted by Gasteiger charge is 2.11. The van der Waals surface area contributed by atoms with Crippen molar-refractivity contribution in [2.24, 2.45) is 0 Å². The normalized spacial score (nSPS) is 10.1. The van der Waals surface area contributed by atoms with E-state index in [-0.39, 0.29) is 5.97 Å². The smallest absolute Gasteiger partial charge is 0.338 e. The molecule has 0 amide bonds. The highest BCUT2D eigenvalue weighted by Crippen LogP contribution is 2.24. The number of rotatable bonds is 3. The van der Waals surface area contributed by atoms with Crippen LogP contribution in [0.25, 0.3) is 11.1 Å². The van der Waals surface area contributed by atoms with Gasteiger partial charge in [0, 0.05) is 5.33 Å². The molecule has 0 spiro atoms. The molecule has 18 heavy (non-hydrogen) atoms. The van der Waals surface area contributed by atoms with Crippen LogP contribution in [0.1, 0.15) is 15.9 Å². The zero-order valence-corrected chi connectivity index (χ0v) is 11.6. The Bertz CT molecular complexity index is 550. The van der Waals surface area contributed by atoms with Crippen LogP contribution >= 0.6 is 15.9 Å². The summed E-state index contributed by atoms with van der Waals surface area (Å²) < 4.78 is 4.76. The third-order valence-electron chi connectivity index (χ3n) is 2.76. The third kappa shape index (κ3) is 2.62. The maximum Gasteiger partial charge on any atom is 0.338 e. The molecular formula is C15H13BrO2. The standard InChI is InChI=1S/C15H13BrO2/c1-18-15(17)14-8-7-12(9-13(14)10-16)11-5-3-2-4-6-11/h2-9H,10H2,1H3. The first-order valence-corrected chi connectivity index (χ1v) is 6.71. The fraction of sp³-hybridized carbons (Fsp3) is 0.133. The minimum Gasteiger partial charge on any atom is -0.465 e. The molecule has 0 bridgehead atoms. The molecule has 2 aromatic carbocycles. The Morgan fingerprint density at radius 2 is 1.83 bits per heavy atom. The molecule has 0 heterocycles. The molecule has 0 aliphatic carbocycles. The molecule has 92 valence electrons. The van der Waals surface area contributed by atoms with Crippen LogP contribution in [0.2, 0.25) is 0 Å². The van der Waals surface area contributed by atoms with Crippen molar-refractivity contribution in [3.05, 3.63) is 59.7 Å². The first-order valence-electron chi connectivity index (χ1n) is 5.59. The SMILES string of the molecule is COC(=O)c1ccc(-c2ccccc2)cc1CBr. The maximum atomic E-state index is 11.6. The van der Waals surface area contributed by atoms with Crippen molar-refractivity contribution in [1.82, 2.24) is 0 Å². The van der Waals surface area contributed by atoms with Crippen molar-refractivity contribution in [3.8, 4) is 11.1 Å². The van der Waals surface area contributed by atoms with Gasteiger partial charge in [0.1, 0.15) is 0 Å². The summed E-state index contributed by atoms with van der Waals surface area (Å²) in [6.45, 7) is 0. The summed E-state index contributed by atoms with van der Waals surface area (Å²) in [5.74, 6) is -0.302. The summed E-state index contributed by atoms with van der Waals surface area (Å²) in [5, 5.41) is 0.623. The van der Waals surface area contributed by atoms with Crippen molar-refractivity contribution in [2.75, 3.05) is 7.11 Å². The number of carbonyl (C=O) groups is 1. The van der Waals surface area contributed by atoms with Gasteiger partial charge in [0.15, 0.2) is 0 Å². The summed E-state index contributed by atoms with van der Waals surface area (Å²) in [7, 11) is 1.39. The molecule has 0 saturated heterocycles. The second kappa shape index (κ2) is 5.83. The van der Waals surface area contributed by atoms with Crippen molar-refractivity contribution in [1.29, 1.82) is 0 Å². The number of benzene rings is 2. The molecule has 2 aromatic rings. The molecule has 0 radical (unpaired) electrons. The van der Waals surface area contributed by atoms with Gasteiger partial charge < -0.3 is 4.74 Å². The average molecular weight is 305 g/mol. The first-order chi connectivity index (χ1) is 8.76. The highest BCUT2D eigenvalue weighted by molar-refractivity contribution is 9.08. The van der Waals surface area contributed by atoms with Crippen LogP contribution < -0.4 is 0 Å². The average Bonchev–Trinajstić information content (AvgIpc) is 2.46. The number of esters is 1. The van der Waals surface area contributed by atoms with E-state index >= 15 is 0 Å². The number of alkyl halides is 1. The maximum absolute atomic E-state index is 11.6. The summed E-state index contributed by atoms with van der Waals surface area (Å²) in [6.07, 6.45) is 0. The fourth-order valence-corrected chi connectivity index (χ4v) is 2.29. The summed E-state index contributed by atoms with van der Waals surface area (Å²) in [6, 6.07) is 15.8. The van der Waals surface area contributed by atoms with Crippen LogP contribution in [0.4, 0.5) is 0 Å². The van der Waals surface area contributed by atoms with Gasteiger partial charge in [-0.15, -0.1) is 0 Å². The second-order valence-corrected chi connectivity index (χ2v) is 4.42. The lowest BCUT2D eigenvalue weighted by Crippen LogP contribution is -2.04. The molecule has 0 aliphatic heterocycles. The number of hydrogen-bond donors (Lipinski definition) is 0. The number of halogens is 1. The van der Waals surface area contributed by atoms with Crippen LogP contribution in [-0.2, 0) is 10.1 Å². The van der Waals surface area contributed by atoms with Crippen molar-refractivity contribution in [2.45, 2.75) is 5.33 Å². The highest BCUT2D eigenvalue weighted by atomic mass is 79.9. The van der Waals surface area contributed by atoms with Crippen LogP contribution in [0.15, 0.2) is 48.5 Å². The zero-order chi connectivity index (χ0) is 13.0. The molecule has 2 nitrogen and oxygen atoms in total. The Morgan fingerprint density at radius 3 is 2.44 bits per heavy atom. The summed E-state index contributed by atoms with van der Waals surface area (Å²) in [5.41, 5.74) is 3.77. The molecule has 3 heteroatoms. The minimum atomic E-state index is -0.302. The fourth-order valence-electron chi connectivity index (χ4n) is 1.82. The molecule has 0 fully saturated rings. The molecule has 0 aromatic heterocycles. The second-order valence-electron chi connectivity index (χ2n) is 3.86. The van der Waals surface area contributed by atoms with Crippen LogP contribution in [0.3, 0.4) is 0 Å². The van der Waals surface area contributed by atoms with Crippen molar-refractivity contribution in [3.63, 3.8) is 0 Å². The molecule has 0 aliphatic rings. The van der Waals surface area contributed by atoms with Gasteiger partial charge in [-0.05, 0) is 28.8 Å². The van der Waals surface area contributed by atoms with Gasteiger partial charge in [-0.3, -0.25) is 0 Å². The Labute approximate surface area is 115 Å². The van der Waals surface area contributed by atoms with Crippen LogP contribution in [0, 0.1) is 0 Å². The van der Waals surface area contributed by atoms with E-state index in [0.29, 0.717) is 10.9 Å². The largest absolute Gasteiger partial charge is 0.465 e. The topological polar surface area (TPSA) is 26.3 Å². The predicted molar refractivity (Wildman–Crippen MR) is 75.8 cm³/mol. The lowest BCUT2D eigenvalue weighted by molar-refractivity contribution is 0.0600. The number of ether oxygens (including phenoxy) is 1. The van der Waals surface area contributed by atoms with E-state index < -0.39 is 0 Å². The predicted octanol–water partition coefficient (Wildman–Crippen LogP) is 4.04. The van der Waals surface area contributed by atoms with Gasteiger partial charge in [0.2, 0.25) is 0 Å². The van der Waals surface area contributed by atoms with Crippen LogP contribution in [0.5, 0.6) is 0 Å². The molecule has 0 unspecified atom stereocenters. The molecular weight excluding hydrogens is 292 g/mol. The van der Waals surface area contributed by atoms with Gasteiger partial charge in [0.25, 0.3) is 0 Å². The first kappa shape index (κ1) is 12.8. The Balaban J connectivity index is 2.45. The van der Waals surface area contributed by atoms with E-state index in [2.05, 4.69) is 15.9 Å². The van der Waals surface area contributed by atoms with Gasteiger partial charge in [0.05, 0.1) is 12.7 Å². The number of hydrogen-bond acceptors (Lipinski definition) is 2. The number of methoxy groups -OCH3 is 1. The Hall–Kier alpha value is -1.61.